The van der Waals surface area contributed by atoms with Crippen molar-refractivity contribution in [3.05, 3.63) is 22.7 Å². The number of halogens is 1. The number of esters is 1. The Morgan fingerprint density at radius 3 is 2.86 bits per heavy atom. The highest BCUT2D eigenvalue weighted by atomic mass is 35.5. The van der Waals surface area contributed by atoms with Crippen molar-refractivity contribution in [2.75, 3.05) is 18.2 Å². The van der Waals surface area contributed by atoms with E-state index in [0.717, 1.165) is 4.57 Å². The van der Waals surface area contributed by atoms with Crippen molar-refractivity contribution in [3.63, 3.8) is 0 Å². The lowest BCUT2D eigenvalue weighted by atomic mass is 10.1. The van der Waals surface area contributed by atoms with Gasteiger partial charge in [-0.3, -0.25) is 9.36 Å². The van der Waals surface area contributed by atoms with E-state index in [9.17, 15) is 19.8 Å². The second-order valence-electron chi connectivity index (χ2n) is 4.41. The molecule has 4 N–H and O–H groups in total. The second kappa shape index (κ2) is 6.39. The van der Waals surface area contributed by atoms with Gasteiger partial charge in [-0.15, -0.1) is 11.6 Å². The Morgan fingerprint density at radius 1 is 1.52 bits per heavy atom. The normalized spacial score (nSPS) is 28.5. The fourth-order valence-electron chi connectivity index (χ4n) is 1.93. The van der Waals surface area contributed by atoms with Crippen molar-refractivity contribution in [3.8, 4) is 0 Å². The van der Waals surface area contributed by atoms with Crippen LogP contribution in [0.1, 0.15) is 6.23 Å². The summed E-state index contributed by atoms with van der Waals surface area (Å²) in [7, 11) is 0. The molecule has 1 aromatic rings. The second-order valence-corrected chi connectivity index (χ2v) is 4.67. The van der Waals surface area contributed by atoms with Gasteiger partial charge in [0.15, 0.2) is 6.23 Å². The molecule has 1 fully saturated rings. The Morgan fingerprint density at radius 2 is 2.24 bits per heavy atom. The summed E-state index contributed by atoms with van der Waals surface area (Å²) >= 11 is 5.27. The maximum atomic E-state index is 11.7. The van der Waals surface area contributed by atoms with E-state index in [-0.39, 0.29) is 18.3 Å². The zero-order chi connectivity index (χ0) is 15.6. The largest absolute Gasteiger partial charge is 0.462 e. The molecule has 0 aliphatic carbocycles. The van der Waals surface area contributed by atoms with Crippen LogP contribution >= 0.6 is 11.6 Å². The third-order valence-corrected chi connectivity index (χ3v) is 3.20. The van der Waals surface area contributed by atoms with Crippen LogP contribution in [-0.2, 0) is 14.3 Å². The molecule has 1 aliphatic heterocycles. The molecule has 0 radical (unpaired) electrons. The number of hydrogen-bond donors (Lipinski definition) is 3. The molecular formula is C11H14ClN3O6. The number of aromatic nitrogens is 2. The zero-order valence-corrected chi connectivity index (χ0v) is 11.5. The maximum Gasteiger partial charge on any atom is 0.351 e. The molecule has 21 heavy (non-hydrogen) atoms. The highest BCUT2D eigenvalue weighted by molar-refractivity contribution is 6.26. The molecule has 2 heterocycles. The van der Waals surface area contributed by atoms with E-state index in [2.05, 4.69) is 4.98 Å². The van der Waals surface area contributed by atoms with Gasteiger partial charge >= 0.3 is 11.7 Å². The summed E-state index contributed by atoms with van der Waals surface area (Å²) in [6.45, 7) is -0.294. The number of alkyl halides is 1. The topological polar surface area (TPSA) is 137 Å². The Labute approximate surface area is 123 Å². The van der Waals surface area contributed by atoms with Gasteiger partial charge in [-0.1, -0.05) is 0 Å². The van der Waals surface area contributed by atoms with Crippen LogP contribution in [0.15, 0.2) is 17.1 Å². The van der Waals surface area contributed by atoms with E-state index in [0.29, 0.717) is 0 Å². The first kappa shape index (κ1) is 15.7. The average molecular weight is 320 g/mol. The van der Waals surface area contributed by atoms with Gasteiger partial charge in [0.2, 0.25) is 0 Å². The number of ether oxygens (including phenoxy) is 2. The van der Waals surface area contributed by atoms with Crippen molar-refractivity contribution in [1.29, 1.82) is 0 Å². The molecule has 1 aromatic heterocycles. The summed E-state index contributed by atoms with van der Waals surface area (Å²) in [5, 5.41) is 19.8. The number of hydrogen-bond acceptors (Lipinski definition) is 8. The average Bonchev–Trinajstić information content (AvgIpc) is 2.73. The minimum absolute atomic E-state index is 0.0249. The van der Waals surface area contributed by atoms with E-state index >= 15 is 0 Å². The van der Waals surface area contributed by atoms with Crippen molar-refractivity contribution in [2.45, 2.75) is 24.5 Å². The SMILES string of the molecule is Nc1ccn([C@@H]2O[C@H](COC(=O)CCl)C(O)[C@H]2O)c(=O)n1. The molecule has 1 saturated heterocycles. The number of carbonyl (C=O) groups is 1. The number of nitrogens with zero attached hydrogens (tertiary/aromatic N) is 2. The van der Waals surface area contributed by atoms with Gasteiger partial charge in [-0.2, -0.15) is 4.98 Å². The van der Waals surface area contributed by atoms with Gasteiger partial charge in [-0.25, -0.2) is 4.79 Å². The molecule has 0 saturated carbocycles. The lowest BCUT2D eigenvalue weighted by Crippen LogP contribution is -2.36. The first-order valence-corrected chi connectivity index (χ1v) is 6.55. The number of aliphatic hydroxyl groups is 2. The first-order valence-electron chi connectivity index (χ1n) is 6.02. The summed E-state index contributed by atoms with van der Waals surface area (Å²) in [6, 6.07) is 1.35. The van der Waals surface area contributed by atoms with Gasteiger partial charge in [0, 0.05) is 6.20 Å². The molecule has 10 heteroatoms. The van der Waals surface area contributed by atoms with Gasteiger partial charge < -0.3 is 25.4 Å². The summed E-state index contributed by atoms with van der Waals surface area (Å²) < 4.78 is 11.1. The zero-order valence-electron chi connectivity index (χ0n) is 10.8. The first-order chi connectivity index (χ1) is 9.93. The number of rotatable bonds is 4. The van der Waals surface area contributed by atoms with E-state index in [4.69, 9.17) is 26.8 Å². The molecule has 9 nitrogen and oxygen atoms in total. The van der Waals surface area contributed by atoms with Crippen molar-refractivity contribution >= 4 is 23.4 Å². The highest BCUT2D eigenvalue weighted by Gasteiger charge is 2.44. The number of carbonyl (C=O) groups excluding carboxylic acids is 1. The molecule has 4 atom stereocenters. The fraction of sp³-hybridized carbons (Fsp3) is 0.545. The standard InChI is InChI=1S/C11H14ClN3O6/c12-3-7(16)20-4-5-8(17)9(18)10(21-5)15-2-1-6(13)14-11(15)19/h1-2,5,8-10,17-18H,3-4H2,(H2,13,14,19)/t5-,8?,9-,10-/m1/s1. The molecular weight excluding hydrogens is 306 g/mol. The Kier molecular flexibility index (Phi) is 4.78. The molecule has 0 aromatic carbocycles. The number of aliphatic hydroxyl groups excluding tert-OH is 2. The highest BCUT2D eigenvalue weighted by Crippen LogP contribution is 2.28. The molecule has 1 aliphatic rings. The maximum absolute atomic E-state index is 11.7. The van der Waals surface area contributed by atoms with Crippen LogP contribution in [0.4, 0.5) is 5.82 Å². The van der Waals surface area contributed by atoms with Crippen LogP contribution < -0.4 is 11.4 Å². The lowest BCUT2D eigenvalue weighted by Gasteiger charge is -2.16. The molecule has 0 amide bonds. The molecule has 116 valence electrons. The van der Waals surface area contributed by atoms with Gasteiger partial charge in [0.25, 0.3) is 0 Å². The van der Waals surface area contributed by atoms with E-state index in [1.165, 1.54) is 12.3 Å². The van der Waals surface area contributed by atoms with E-state index in [1.807, 2.05) is 0 Å². The minimum atomic E-state index is -1.38. The van der Waals surface area contributed by atoms with Crippen LogP contribution in [0, 0.1) is 0 Å². The summed E-state index contributed by atoms with van der Waals surface area (Å²) in [4.78, 5) is 26.2. The van der Waals surface area contributed by atoms with Crippen molar-refractivity contribution < 1.29 is 24.5 Å². The van der Waals surface area contributed by atoms with Gasteiger partial charge in [-0.05, 0) is 6.07 Å². The van der Waals surface area contributed by atoms with Gasteiger partial charge in [0.05, 0.1) is 0 Å². The van der Waals surface area contributed by atoms with Crippen LogP contribution in [0.5, 0.6) is 0 Å². The Balaban J connectivity index is 2.12. The molecule has 0 bridgehead atoms. The van der Waals surface area contributed by atoms with E-state index < -0.39 is 36.2 Å². The smallest absolute Gasteiger partial charge is 0.351 e. The summed E-state index contributed by atoms with van der Waals surface area (Å²) in [6.07, 6.45) is -3.56. The summed E-state index contributed by atoms with van der Waals surface area (Å²) in [5.74, 6) is -0.996. The third kappa shape index (κ3) is 3.32. The predicted molar refractivity (Wildman–Crippen MR) is 70.5 cm³/mol. The summed E-state index contributed by atoms with van der Waals surface area (Å²) in [5.41, 5.74) is 4.63. The monoisotopic (exact) mass is 319 g/mol. The minimum Gasteiger partial charge on any atom is -0.462 e. The Hall–Kier alpha value is -1.68. The third-order valence-electron chi connectivity index (χ3n) is 2.98. The van der Waals surface area contributed by atoms with Crippen LogP contribution in [0.2, 0.25) is 0 Å². The molecule has 2 rings (SSSR count). The number of nitrogens with two attached hydrogens (primary N) is 1. The molecule has 1 unspecified atom stereocenters. The quantitative estimate of drug-likeness (QED) is 0.438. The Bertz CT molecular complexity index is 579. The van der Waals surface area contributed by atoms with Crippen LogP contribution in [-0.4, -0.2) is 56.5 Å². The van der Waals surface area contributed by atoms with Crippen LogP contribution in [0.3, 0.4) is 0 Å². The predicted octanol–water partition coefficient (Wildman–Crippen LogP) is -1.77. The fourth-order valence-corrected chi connectivity index (χ4v) is 2.01. The lowest BCUT2D eigenvalue weighted by molar-refractivity contribution is -0.147. The van der Waals surface area contributed by atoms with Gasteiger partial charge in [0.1, 0.15) is 36.6 Å². The van der Waals surface area contributed by atoms with Crippen molar-refractivity contribution in [1.82, 2.24) is 9.55 Å². The van der Waals surface area contributed by atoms with Crippen LogP contribution in [0.25, 0.3) is 0 Å². The van der Waals surface area contributed by atoms with Crippen molar-refractivity contribution in [2.24, 2.45) is 0 Å². The molecule has 0 spiro atoms. The number of nitrogen functional groups attached to an aromatic ring is 1. The number of anilines is 1. The van der Waals surface area contributed by atoms with E-state index in [1.54, 1.807) is 0 Å².